The number of anilines is 1. The summed E-state index contributed by atoms with van der Waals surface area (Å²) < 4.78 is 25.6. The minimum atomic E-state index is -3.41. The number of hydrogen-bond acceptors (Lipinski definition) is 3. The number of amides is 1. The molecule has 1 amide bonds. The molecule has 6 heteroatoms. The molecule has 5 nitrogen and oxygen atoms in total. The molecule has 1 heterocycles. The summed E-state index contributed by atoms with van der Waals surface area (Å²) in [4.78, 5) is 14.0. The van der Waals surface area contributed by atoms with Gasteiger partial charge in [0.1, 0.15) is 0 Å². The van der Waals surface area contributed by atoms with Crippen LogP contribution in [0.2, 0.25) is 0 Å². The normalized spacial score (nSPS) is 15.1. The molecule has 1 aromatic rings. The van der Waals surface area contributed by atoms with Crippen molar-refractivity contribution in [3.05, 3.63) is 29.3 Å². The molecule has 1 aromatic carbocycles. The van der Waals surface area contributed by atoms with Crippen LogP contribution in [0.3, 0.4) is 0 Å². The molecule has 0 atom stereocenters. The lowest BCUT2D eigenvalue weighted by molar-refractivity contribution is -0.129. The molecule has 1 aliphatic rings. The van der Waals surface area contributed by atoms with Crippen molar-refractivity contribution in [3.63, 3.8) is 0 Å². The maximum Gasteiger partial charge on any atom is 0.232 e. The molecule has 1 aliphatic heterocycles. The zero-order valence-electron chi connectivity index (χ0n) is 13.5. The fraction of sp³-hybridized carbons (Fsp3) is 0.562. The monoisotopic (exact) mass is 324 g/mol. The van der Waals surface area contributed by atoms with Crippen LogP contribution in [0, 0.1) is 13.8 Å². The van der Waals surface area contributed by atoms with Gasteiger partial charge in [0.2, 0.25) is 15.9 Å². The lowest BCUT2D eigenvalue weighted by Gasteiger charge is -2.25. The van der Waals surface area contributed by atoms with Crippen molar-refractivity contribution in [2.45, 2.75) is 33.1 Å². The van der Waals surface area contributed by atoms with Crippen molar-refractivity contribution >= 4 is 21.6 Å². The van der Waals surface area contributed by atoms with Gasteiger partial charge in [-0.15, -0.1) is 0 Å². The van der Waals surface area contributed by atoms with Crippen LogP contribution in [0.4, 0.5) is 5.69 Å². The molecule has 122 valence electrons. The number of rotatable bonds is 5. The summed E-state index contributed by atoms with van der Waals surface area (Å²) in [5.74, 6) is 0.0384. The average molecular weight is 324 g/mol. The van der Waals surface area contributed by atoms with Gasteiger partial charge in [0.05, 0.1) is 11.9 Å². The van der Waals surface area contributed by atoms with Gasteiger partial charge in [-0.2, -0.15) is 0 Å². The molecule has 0 bridgehead atoms. The van der Waals surface area contributed by atoms with E-state index in [0.717, 1.165) is 37.1 Å². The van der Waals surface area contributed by atoms with E-state index in [4.69, 9.17) is 0 Å². The molecule has 2 rings (SSSR count). The van der Waals surface area contributed by atoms with Crippen LogP contribution in [0.1, 0.15) is 30.4 Å². The number of nitrogens with zero attached hydrogens (tertiary/aromatic N) is 2. The third-order valence-electron chi connectivity index (χ3n) is 4.02. The third-order valence-corrected chi connectivity index (χ3v) is 5.20. The van der Waals surface area contributed by atoms with Gasteiger partial charge in [-0.1, -0.05) is 12.1 Å². The van der Waals surface area contributed by atoms with Gasteiger partial charge in [0.15, 0.2) is 0 Å². The highest BCUT2D eigenvalue weighted by Crippen LogP contribution is 2.24. The number of likely N-dealkylation sites (tertiary alicyclic amines) is 1. The van der Waals surface area contributed by atoms with Gasteiger partial charge in [0.25, 0.3) is 0 Å². The van der Waals surface area contributed by atoms with E-state index in [0.29, 0.717) is 5.69 Å². The van der Waals surface area contributed by atoms with Crippen LogP contribution in [0.25, 0.3) is 0 Å². The van der Waals surface area contributed by atoms with Gasteiger partial charge in [-0.25, -0.2) is 8.42 Å². The van der Waals surface area contributed by atoms with Crippen LogP contribution < -0.4 is 4.31 Å². The molecule has 1 fully saturated rings. The highest BCUT2D eigenvalue weighted by Gasteiger charge is 2.23. The Kier molecular flexibility index (Phi) is 5.11. The Morgan fingerprint density at radius 2 is 1.86 bits per heavy atom. The van der Waals surface area contributed by atoms with Crippen LogP contribution in [0.5, 0.6) is 0 Å². The fourth-order valence-electron chi connectivity index (χ4n) is 2.77. The number of sulfonamides is 1. The van der Waals surface area contributed by atoms with Gasteiger partial charge in [0, 0.05) is 26.1 Å². The molecule has 0 spiro atoms. The van der Waals surface area contributed by atoms with Crippen molar-refractivity contribution in [3.8, 4) is 0 Å². The predicted octanol–water partition coefficient (Wildman–Crippen LogP) is 2.08. The van der Waals surface area contributed by atoms with E-state index in [1.165, 1.54) is 10.6 Å². The number of carbonyl (C=O) groups is 1. The average Bonchev–Trinajstić information content (AvgIpc) is 2.95. The quantitative estimate of drug-likeness (QED) is 0.833. The Labute approximate surface area is 133 Å². The Bertz CT molecular complexity index is 649. The first kappa shape index (κ1) is 16.8. The topological polar surface area (TPSA) is 57.7 Å². The summed E-state index contributed by atoms with van der Waals surface area (Å²) in [6.07, 6.45) is 3.49. The van der Waals surface area contributed by atoms with Gasteiger partial charge < -0.3 is 4.90 Å². The fourth-order valence-corrected chi connectivity index (χ4v) is 3.75. The lowest BCUT2D eigenvalue weighted by Crippen LogP contribution is -2.36. The number of aryl methyl sites for hydroxylation is 2. The molecular weight excluding hydrogens is 300 g/mol. The SMILES string of the molecule is Cc1ccc(C)c(N(CCC(=O)N2CCCC2)S(C)(=O)=O)c1. The van der Waals surface area contributed by atoms with E-state index in [-0.39, 0.29) is 18.9 Å². The molecule has 0 unspecified atom stereocenters. The van der Waals surface area contributed by atoms with Gasteiger partial charge in [-0.05, 0) is 43.9 Å². The standard InChI is InChI=1S/C16H24N2O3S/c1-13-6-7-14(2)15(12-13)18(22(3,20)21)11-8-16(19)17-9-4-5-10-17/h6-7,12H,4-5,8-11H2,1-3H3. The first-order valence-corrected chi connectivity index (χ1v) is 9.46. The second-order valence-corrected chi connectivity index (χ2v) is 7.87. The molecule has 0 aliphatic carbocycles. The molecule has 22 heavy (non-hydrogen) atoms. The summed E-state index contributed by atoms with van der Waals surface area (Å²) >= 11 is 0. The predicted molar refractivity (Wildman–Crippen MR) is 88.5 cm³/mol. The Balaban J connectivity index is 2.17. The second-order valence-electron chi connectivity index (χ2n) is 5.96. The van der Waals surface area contributed by atoms with Gasteiger partial charge in [-0.3, -0.25) is 9.10 Å². The Morgan fingerprint density at radius 3 is 2.45 bits per heavy atom. The van der Waals surface area contributed by atoms with Crippen LogP contribution >= 0.6 is 0 Å². The summed E-state index contributed by atoms with van der Waals surface area (Å²) in [5.41, 5.74) is 2.56. The van der Waals surface area contributed by atoms with E-state index < -0.39 is 10.0 Å². The van der Waals surface area contributed by atoms with Crippen LogP contribution in [0.15, 0.2) is 18.2 Å². The molecule has 0 aromatic heterocycles. The highest BCUT2D eigenvalue weighted by atomic mass is 32.2. The van der Waals surface area contributed by atoms with Crippen molar-refractivity contribution in [2.24, 2.45) is 0 Å². The second kappa shape index (κ2) is 6.69. The van der Waals surface area contributed by atoms with Crippen LogP contribution in [-0.2, 0) is 14.8 Å². The van der Waals surface area contributed by atoms with Crippen molar-refractivity contribution in [2.75, 3.05) is 30.2 Å². The Hall–Kier alpha value is -1.56. The van der Waals surface area contributed by atoms with E-state index in [2.05, 4.69) is 0 Å². The Morgan fingerprint density at radius 1 is 1.23 bits per heavy atom. The highest BCUT2D eigenvalue weighted by molar-refractivity contribution is 7.92. The zero-order chi connectivity index (χ0) is 16.3. The molecule has 0 N–H and O–H groups in total. The molecule has 1 saturated heterocycles. The molecule has 0 saturated carbocycles. The van der Waals surface area contributed by atoms with Crippen molar-refractivity contribution < 1.29 is 13.2 Å². The maximum absolute atomic E-state index is 12.2. The maximum atomic E-state index is 12.2. The van der Waals surface area contributed by atoms with Crippen molar-refractivity contribution in [1.29, 1.82) is 0 Å². The summed E-state index contributed by atoms with van der Waals surface area (Å²) in [5, 5.41) is 0. The molecular formula is C16H24N2O3S. The van der Waals surface area contributed by atoms with E-state index in [1.807, 2.05) is 36.9 Å². The van der Waals surface area contributed by atoms with E-state index in [9.17, 15) is 13.2 Å². The first-order valence-electron chi connectivity index (χ1n) is 7.62. The van der Waals surface area contributed by atoms with E-state index >= 15 is 0 Å². The van der Waals surface area contributed by atoms with Crippen molar-refractivity contribution in [1.82, 2.24) is 4.90 Å². The van der Waals surface area contributed by atoms with Crippen LogP contribution in [-0.4, -0.2) is 45.1 Å². The largest absolute Gasteiger partial charge is 0.343 e. The summed E-state index contributed by atoms with van der Waals surface area (Å²) in [7, 11) is -3.41. The van der Waals surface area contributed by atoms with Gasteiger partial charge >= 0.3 is 0 Å². The number of hydrogen-bond donors (Lipinski definition) is 0. The lowest BCUT2D eigenvalue weighted by atomic mass is 10.1. The zero-order valence-corrected chi connectivity index (χ0v) is 14.3. The number of benzene rings is 1. The summed E-state index contributed by atoms with van der Waals surface area (Å²) in [6, 6.07) is 5.72. The smallest absolute Gasteiger partial charge is 0.232 e. The summed E-state index contributed by atoms with van der Waals surface area (Å²) in [6.45, 7) is 5.59. The first-order chi connectivity index (χ1) is 10.3. The minimum Gasteiger partial charge on any atom is -0.343 e. The third kappa shape index (κ3) is 4.00. The molecule has 0 radical (unpaired) electrons. The number of carbonyl (C=O) groups excluding carboxylic acids is 1. The van der Waals surface area contributed by atoms with E-state index in [1.54, 1.807) is 0 Å². The minimum absolute atomic E-state index is 0.0384.